The van der Waals surface area contributed by atoms with Gasteiger partial charge in [0.2, 0.25) is 0 Å². The summed E-state index contributed by atoms with van der Waals surface area (Å²) in [5.41, 5.74) is 0.304. The van der Waals surface area contributed by atoms with Crippen molar-refractivity contribution in [2.75, 3.05) is 6.61 Å². The molecule has 0 radical (unpaired) electrons. The zero-order valence-corrected chi connectivity index (χ0v) is 29.8. The van der Waals surface area contributed by atoms with Crippen LogP contribution in [0.2, 0.25) is 43.6 Å². The monoisotopic (exact) mass is 672 g/mol. The quantitative estimate of drug-likeness (QED) is 0.189. The summed E-state index contributed by atoms with van der Waals surface area (Å²) in [6, 6.07) is 21.8. The molecule has 0 aliphatic heterocycles. The van der Waals surface area contributed by atoms with Gasteiger partial charge in [-0.15, -0.1) is 0 Å². The maximum absolute atomic E-state index is 15.0. The summed E-state index contributed by atoms with van der Waals surface area (Å²) in [7, 11) is -4.52. The molecule has 3 aromatic rings. The number of hydrogen-bond donors (Lipinski definition) is 0. The van der Waals surface area contributed by atoms with E-state index in [4.69, 9.17) is 18.3 Å². The predicted octanol–water partition coefficient (Wildman–Crippen LogP) is 5.82. The SMILES string of the molecule is CCOC(=O)[C@@H]1C[C@@](C)([Se]c2ccccc2)C(=O)[C@H](OCc2ccccc2)[C@@]1(O[Si](C)(C)C)c1ccoc1[Si](C)(C)C. The third kappa shape index (κ3) is 6.93. The number of ketones is 1. The first-order valence-corrected chi connectivity index (χ1v) is 23.2. The van der Waals surface area contributed by atoms with Crippen LogP contribution in [0.5, 0.6) is 0 Å². The molecular formula is C33H44O6SeSi2. The van der Waals surface area contributed by atoms with Crippen LogP contribution in [0.15, 0.2) is 77.4 Å². The number of furan rings is 1. The Morgan fingerprint density at radius 1 is 0.976 bits per heavy atom. The molecule has 9 heteroatoms. The van der Waals surface area contributed by atoms with Gasteiger partial charge in [0.25, 0.3) is 0 Å². The molecule has 1 aromatic heterocycles. The molecule has 1 heterocycles. The topological polar surface area (TPSA) is 75.0 Å². The molecule has 0 amide bonds. The van der Waals surface area contributed by atoms with Crippen molar-refractivity contribution in [2.45, 2.75) is 82.2 Å². The fourth-order valence-corrected chi connectivity index (χ4v) is 11.4. The van der Waals surface area contributed by atoms with Gasteiger partial charge < -0.3 is 0 Å². The molecule has 0 spiro atoms. The van der Waals surface area contributed by atoms with E-state index in [1.807, 2.05) is 68.4 Å². The second-order valence-electron chi connectivity index (χ2n) is 13.1. The van der Waals surface area contributed by atoms with Crippen LogP contribution in [0.25, 0.3) is 0 Å². The molecule has 4 atom stereocenters. The molecule has 0 saturated heterocycles. The Hall–Kier alpha value is -2.27. The van der Waals surface area contributed by atoms with Crippen LogP contribution in [0, 0.1) is 5.92 Å². The van der Waals surface area contributed by atoms with Gasteiger partial charge in [0.05, 0.1) is 0 Å². The number of esters is 1. The molecule has 226 valence electrons. The molecule has 0 bridgehead atoms. The van der Waals surface area contributed by atoms with Gasteiger partial charge in [0, 0.05) is 0 Å². The zero-order valence-electron chi connectivity index (χ0n) is 26.1. The Bertz CT molecular complexity index is 1360. The van der Waals surface area contributed by atoms with Gasteiger partial charge in [0.1, 0.15) is 0 Å². The summed E-state index contributed by atoms with van der Waals surface area (Å²) in [5.74, 6) is -1.18. The fourth-order valence-electron chi connectivity index (χ4n) is 5.80. The Balaban J connectivity index is 1.99. The molecule has 1 aliphatic carbocycles. The van der Waals surface area contributed by atoms with Crippen LogP contribution < -0.4 is 9.85 Å². The number of hydrogen-bond acceptors (Lipinski definition) is 6. The predicted molar refractivity (Wildman–Crippen MR) is 173 cm³/mol. The first kappa shape index (κ1) is 32.6. The first-order valence-electron chi connectivity index (χ1n) is 14.6. The van der Waals surface area contributed by atoms with Gasteiger partial charge in [-0.25, -0.2) is 0 Å². The average molecular weight is 672 g/mol. The van der Waals surface area contributed by atoms with E-state index < -0.39 is 38.3 Å². The van der Waals surface area contributed by atoms with Crippen molar-refractivity contribution in [3.8, 4) is 0 Å². The van der Waals surface area contributed by atoms with Gasteiger partial charge in [0.15, 0.2) is 0 Å². The molecule has 0 N–H and O–H groups in total. The van der Waals surface area contributed by atoms with Gasteiger partial charge in [-0.3, -0.25) is 0 Å². The molecule has 6 nitrogen and oxygen atoms in total. The summed E-state index contributed by atoms with van der Waals surface area (Å²) in [6.45, 7) is 17.1. The van der Waals surface area contributed by atoms with E-state index >= 15 is 4.79 Å². The summed E-state index contributed by atoms with van der Waals surface area (Å²) >= 11 is -0.270. The van der Waals surface area contributed by atoms with Crippen molar-refractivity contribution >= 4 is 52.9 Å². The van der Waals surface area contributed by atoms with Gasteiger partial charge in [-0.2, -0.15) is 0 Å². The third-order valence-corrected chi connectivity index (χ3v) is 12.9. The molecule has 42 heavy (non-hydrogen) atoms. The Morgan fingerprint density at radius 3 is 2.17 bits per heavy atom. The second-order valence-corrected chi connectivity index (χ2v) is 25.8. The van der Waals surface area contributed by atoms with Gasteiger partial charge in [-0.05, 0) is 0 Å². The average Bonchev–Trinajstić information content (AvgIpc) is 3.43. The normalized spacial score (nSPS) is 24.9. The van der Waals surface area contributed by atoms with E-state index in [9.17, 15) is 4.79 Å². The van der Waals surface area contributed by atoms with E-state index in [0.717, 1.165) is 21.0 Å². The number of Topliss-reactive ketones (excluding diaryl/α,β-unsaturated/α-hetero) is 1. The van der Waals surface area contributed by atoms with E-state index in [1.54, 1.807) is 6.26 Å². The number of rotatable bonds is 11. The Kier molecular flexibility index (Phi) is 9.92. The summed E-state index contributed by atoms with van der Waals surface area (Å²) < 4.78 is 26.2. The van der Waals surface area contributed by atoms with Gasteiger partial charge >= 0.3 is 260 Å². The third-order valence-electron chi connectivity index (χ3n) is 7.42. The standard InChI is InChI=1S/C33H44O6SeSi2/c1-9-36-30(35)27-22-32(2,40-25-18-14-11-15-19-25)28(34)29(38-23-24-16-12-10-13-17-24)33(27,39-42(6,7)8)26-20-21-37-31(26)41(3,4)5/h10-21,27,29H,9,22-23H2,1-8H3/t27-,29-,32+,33+/m0/s1. The molecular weight excluding hydrogens is 627 g/mol. The minimum atomic E-state index is -2.43. The van der Waals surface area contributed by atoms with Crippen molar-refractivity contribution in [2.24, 2.45) is 5.92 Å². The molecule has 1 saturated carbocycles. The van der Waals surface area contributed by atoms with Crippen LogP contribution in [0.4, 0.5) is 0 Å². The van der Waals surface area contributed by atoms with Crippen LogP contribution in [0.3, 0.4) is 0 Å². The zero-order chi connectivity index (χ0) is 30.8. The summed E-state index contributed by atoms with van der Waals surface area (Å²) in [6.07, 6.45) is 0.919. The minimum absolute atomic E-state index is 0.0381. The van der Waals surface area contributed by atoms with Crippen LogP contribution in [-0.2, 0) is 35.7 Å². The van der Waals surface area contributed by atoms with Crippen LogP contribution >= 0.6 is 0 Å². The molecule has 0 unspecified atom stereocenters. The number of carbonyl (C=O) groups excluding carboxylic acids is 2. The van der Waals surface area contributed by atoms with E-state index in [-0.39, 0.29) is 39.9 Å². The number of carbonyl (C=O) groups is 2. The van der Waals surface area contributed by atoms with E-state index in [0.29, 0.717) is 6.42 Å². The number of ether oxygens (including phenoxy) is 2. The molecule has 1 aliphatic rings. The molecule has 2 aromatic carbocycles. The summed E-state index contributed by atoms with van der Waals surface area (Å²) in [4.78, 5) is 29.2. The Labute approximate surface area is 258 Å². The number of benzene rings is 2. The van der Waals surface area contributed by atoms with Crippen LogP contribution in [-0.4, -0.2) is 55.8 Å². The molecule has 1 fully saturated rings. The van der Waals surface area contributed by atoms with Gasteiger partial charge in [-0.1, -0.05) is 0 Å². The van der Waals surface area contributed by atoms with E-state index in [2.05, 4.69) is 51.4 Å². The maximum atomic E-state index is 15.0. The van der Waals surface area contributed by atoms with Crippen LogP contribution in [0.1, 0.15) is 31.4 Å². The van der Waals surface area contributed by atoms with E-state index in [1.165, 1.54) is 0 Å². The first-order chi connectivity index (χ1) is 19.7. The summed E-state index contributed by atoms with van der Waals surface area (Å²) in [5, 5.41) is 0.813. The van der Waals surface area contributed by atoms with Crippen molar-refractivity contribution in [3.63, 3.8) is 0 Å². The van der Waals surface area contributed by atoms with Crippen molar-refractivity contribution < 1.29 is 27.9 Å². The van der Waals surface area contributed by atoms with Crippen molar-refractivity contribution in [1.82, 2.24) is 0 Å². The second kappa shape index (κ2) is 12.8. The molecule has 4 rings (SSSR count). The van der Waals surface area contributed by atoms with Crippen molar-refractivity contribution in [1.29, 1.82) is 0 Å². The van der Waals surface area contributed by atoms with Crippen molar-refractivity contribution in [3.05, 3.63) is 84.1 Å². The Morgan fingerprint density at radius 2 is 1.60 bits per heavy atom. The fraction of sp³-hybridized carbons (Fsp3) is 0.455.